The van der Waals surface area contributed by atoms with Crippen LogP contribution < -0.4 is 20.8 Å². The van der Waals surface area contributed by atoms with Gasteiger partial charge in [-0.25, -0.2) is 4.79 Å². The van der Waals surface area contributed by atoms with E-state index in [4.69, 9.17) is 36.0 Å². The second kappa shape index (κ2) is 19.4. The van der Waals surface area contributed by atoms with Gasteiger partial charge in [0.15, 0.2) is 5.11 Å². The molecule has 1 saturated heterocycles. The Morgan fingerprint density at radius 1 is 0.872 bits per heavy atom. The first-order valence-electron chi connectivity index (χ1n) is 13.3. The first kappa shape index (κ1) is 32.6. The van der Waals surface area contributed by atoms with Crippen molar-refractivity contribution < 1.29 is 43.6 Å². The van der Waals surface area contributed by atoms with Gasteiger partial charge in [0, 0.05) is 37.2 Å². The fraction of sp³-hybridized carbons (Fsp3) is 0.720. The van der Waals surface area contributed by atoms with Crippen LogP contribution in [-0.2, 0) is 28.5 Å². The van der Waals surface area contributed by atoms with Crippen molar-refractivity contribution in [3.05, 3.63) is 12.1 Å². The SMILES string of the molecule is CC1NC(=S)NC1CCCCCC(=O)NCCOCCOCCOCCOCCC(=O)On1c(O)ccc1O. The lowest BCUT2D eigenvalue weighted by molar-refractivity contribution is -0.146. The fourth-order valence-electron chi connectivity index (χ4n) is 3.70. The van der Waals surface area contributed by atoms with Crippen LogP contribution in [-0.4, -0.2) is 103 Å². The number of nitrogens with one attached hydrogen (secondary N) is 3. The van der Waals surface area contributed by atoms with Crippen LogP contribution in [0.4, 0.5) is 0 Å². The molecule has 0 saturated carbocycles. The van der Waals surface area contributed by atoms with Crippen LogP contribution in [0.5, 0.6) is 11.8 Å². The second-order valence-electron chi connectivity index (χ2n) is 8.97. The van der Waals surface area contributed by atoms with Crippen molar-refractivity contribution in [3.63, 3.8) is 0 Å². The summed E-state index contributed by atoms with van der Waals surface area (Å²) in [6, 6.07) is 3.13. The summed E-state index contributed by atoms with van der Waals surface area (Å²) >= 11 is 5.12. The minimum absolute atomic E-state index is 0.0450. The van der Waals surface area contributed by atoms with Crippen LogP contribution in [0.2, 0.25) is 0 Å². The Balaban J connectivity index is 1.26. The number of thiocarbonyl (C=S) groups is 1. The van der Waals surface area contributed by atoms with E-state index in [-0.39, 0.29) is 30.7 Å². The summed E-state index contributed by atoms with van der Waals surface area (Å²) in [7, 11) is 0. The van der Waals surface area contributed by atoms with E-state index in [0.717, 1.165) is 30.8 Å². The highest BCUT2D eigenvalue weighted by molar-refractivity contribution is 7.80. The summed E-state index contributed by atoms with van der Waals surface area (Å²) < 4.78 is 22.2. The monoisotopic (exact) mass is 574 g/mol. The molecule has 1 aliphatic rings. The van der Waals surface area contributed by atoms with E-state index in [9.17, 15) is 19.8 Å². The van der Waals surface area contributed by atoms with Gasteiger partial charge in [0.05, 0.1) is 59.3 Å². The zero-order valence-electron chi connectivity index (χ0n) is 22.5. The van der Waals surface area contributed by atoms with E-state index in [0.29, 0.717) is 76.0 Å². The van der Waals surface area contributed by atoms with Gasteiger partial charge in [0.25, 0.3) is 0 Å². The highest BCUT2D eigenvalue weighted by Gasteiger charge is 2.24. The van der Waals surface area contributed by atoms with Crippen LogP contribution in [0.3, 0.4) is 0 Å². The third kappa shape index (κ3) is 14.3. The number of unbranched alkanes of at least 4 members (excludes halogenated alkanes) is 2. The quantitative estimate of drug-likeness (QED) is 0.0971. The van der Waals surface area contributed by atoms with Gasteiger partial charge in [0.2, 0.25) is 17.7 Å². The average Bonchev–Trinajstić information content (AvgIpc) is 3.40. The lowest BCUT2D eigenvalue weighted by Crippen LogP contribution is -2.30. The number of hydrogen-bond acceptors (Lipinski definition) is 10. The molecule has 39 heavy (non-hydrogen) atoms. The summed E-state index contributed by atoms with van der Waals surface area (Å²) in [6.45, 7) is 5.45. The largest absolute Gasteiger partial charge is 0.492 e. The molecule has 1 aromatic heterocycles. The predicted molar refractivity (Wildman–Crippen MR) is 145 cm³/mol. The Labute approximate surface area is 234 Å². The topological polar surface area (TPSA) is 162 Å². The molecule has 13 nitrogen and oxygen atoms in total. The molecule has 2 rings (SSSR count). The summed E-state index contributed by atoms with van der Waals surface area (Å²) in [5.74, 6) is -1.37. The van der Waals surface area contributed by atoms with Gasteiger partial charge in [-0.2, -0.15) is 0 Å². The third-order valence-corrected chi connectivity index (χ3v) is 6.06. The first-order chi connectivity index (χ1) is 18.9. The van der Waals surface area contributed by atoms with Gasteiger partial charge in [-0.05, 0) is 32.0 Å². The minimum atomic E-state index is -0.659. The molecule has 0 aliphatic carbocycles. The molecule has 1 aromatic rings. The van der Waals surface area contributed by atoms with Gasteiger partial charge in [-0.3, -0.25) is 4.79 Å². The number of hydrogen-bond donors (Lipinski definition) is 5. The predicted octanol–water partition coefficient (Wildman–Crippen LogP) is 0.613. The van der Waals surface area contributed by atoms with Gasteiger partial charge >= 0.3 is 5.97 Å². The standard InChI is InChI=1S/C25H42N4O9S/c1-19-20(28-25(39)27-19)5-3-2-4-6-21(30)26-10-12-35-14-16-37-18-17-36-15-13-34-11-9-24(33)38-29-22(31)7-8-23(29)32/h7-8,19-20,31-32H,2-6,9-18H2,1H3,(H,26,30)(H2,27,28,39). The van der Waals surface area contributed by atoms with Gasteiger partial charge in [-0.1, -0.05) is 12.8 Å². The molecule has 2 atom stereocenters. The van der Waals surface area contributed by atoms with Crippen LogP contribution in [0.25, 0.3) is 0 Å². The summed E-state index contributed by atoms with van der Waals surface area (Å²) in [5.41, 5.74) is 0. The van der Waals surface area contributed by atoms with E-state index < -0.39 is 5.97 Å². The molecule has 5 N–H and O–H groups in total. The Hall–Kier alpha value is -2.65. The molecular formula is C25H42N4O9S. The fourth-order valence-corrected chi connectivity index (χ4v) is 4.04. The highest BCUT2D eigenvalue weighted by atomic mass is 32.1. The van der Waals surface area contributed by atoms with E-state index in [1.807, 2.05) is 0 Å². The molecule has 1 aliphatic heterocycles. The van der Waals surface area contributed by atoms with Crippen LogP contribution in [0, 0.1) is 0 Å². The summed E-state index contributed by atoms with van der Waals surface area (Å²) in [5, 5.41) is 28.9. The molecule has 1 fully saturated rings. The Kier molecular flexibility index (Phi) is 16.2. The van der Waals surface area contributed by atoms with E-state index >= 15 is 0 Å². The number of ether oxygens (including phenoxy) is 4. The number of aromatic hydroxyl groups is 2. The normalized spacial score (nSPS) is 16.6. The molecule has 222 valence electrons. The summed E-state index contributed by atoms with van der Waals surface area (Å²) in [6.07, 6.45) is 4.47. The Morgan fingerprint density at radius 3 is 2.05 bits per heavy atom. The molecule has 0 radical (unpaired) electrons. The molecule has 1 amide bonds. The smallest absolute Gasteiger partial charge is 0.335 e. The van der Waals surface area contributed by atoms with Crippen molar-refractivity contribution in [1.82, 2.24) is 20.7 Å². The number of aromatic nitrogens is 1. The second-order valence-corrected chi connectivity index (χ2v) is 9.38. The number of rotatable bonds is 22. The van der Waals surface area contributed by atoms with Crippen molar-refractivity contribution in [2.24, 2.45) is 0 Å². The zero-order valence-corrected chi connectivity index (χ0v) is 23.3. The molecule has 0 spiro atoms. The van der Waals surface area contributed by atoms with Crippen molar-refractivity contribution in [2.45, 2.75) is 57.5 Å². The van der Waals surface area contributed by atoms with Crippen molar-refractivity contribution in [2.75, 3.05) is 59.4 Å². The maximum atomic E-state index is 11.9. The van der Waals surface area contributed by atoms with Crippen LogP contribution >= 0.6 is 12.2 Å². The highest BCUT2D eigenvalue weighted by Crippen LogP contribution is 2.18. The Bertz CT molecular complexity index is 851. The van der Waals surface area contributed by atoms with Gasteiger partial charge in [0.1, 0.15) is 0 Å². The van der Waals surface area contributed by atoms with Gasteiger partial charge < -0.3 is 49.9 Å². The van der Waals surface area contributed by atoms with Crippen molar-refractivity contribution >= 4 is 29.2 Å². The van der Waals surface area contributed by atoms with Gasteiger partial charge in [-0.15, -0.1) is 4.73 Å². The molecular weight excluding hydrogens is 532 g/mol. The maximum absolute atomic E-state index is 11.9. The number of nitrogens with zero attached hydrogens (tertiary/aromatic N) is 1. The number of amides is 1. The number of carbonyl (C=O) groups is 2. The van der Waals surface area contributed by atoms with E-state index in [1.165, 1.54) is 12.1 Å². The molecule has 0 aromatic carbocycles. The molecule has 2 unspecified atom stereocenters. The number of carbonyl (C=O) groups excluding carboxylic acids is 2. The van der Waals surface area contributed by atoms with Crippen LogP contribution in [0.15, 0.2) is 12.1 Å². The lowest BCUT2D eigenvalue weighted by atomic mass is 10.0. The third-order valence-electron chi connectivity index (χ3n) is 5.82. The van der Waals surface area contributed by atoms with Crippen molar-refractivity contribution in [1.29, 1.82) is 0 Å². The lowest BCUT2D eigenvalue weighted by Gasteiger charge is -2.14. The van der Waals surface area contributed by atoms with E-state index in [1.54, 1.807) is 0 Å². The van der Waals surface area contributed by atoms with Crippen molar-refractivity contribution in [3.8, 4) is 11.8 Å². The maximum Gasteiger partial charge on any atom is 0.335 e. The van der Waals surface area contributed by atoms with E-state index in [2.05, 4.69) is 22.9 Å². The molecule has 14 heteroatoms. The zero-order chi connectivity index (χ0) is 28.3. The molecule has 2 heterocycles. The first-order valence-corrected chi connectivity index (χ1v) is 13.7. The van der Waals surface area contributed by atoms with Crippen LogP contribution in [0.1, 0.15) is 45.4 Å². The Morgan fingerprint density at radius 2 is 1.46 bits per heavy atom. The summed E-state index contributed by atoms with van der Waals surface area (Å²) in [4.78, 5) is 28.3. The minimum Gasteiger partial charge on any atom is -0.492 e. The molecule has 0 bridgehead atoms. The average molecular weight is 575 g/mol.